The van der Waals surface area contributed by atoms with E-state index in [1.54, 1.807) is 6.08 Å². The molecular formula is C9H10O4. The summed E-state index contributed by atoms with van der Waals surface area (Å²) in [6.07, 6.45) is 2.59. The van der Waals surface area contributed by atoms with E-state index >= 15 is 0 Å². The van der Waals surface area contributed by atoms with Crippen LogP contribution in [0.2, 0.25) is 0 Å². The van der Waals surface area contributed by atoms with E-state index in [0.29, 0.717) is 12.4 Å². The first-order chi connectivity index (χ1) is 6.24. The van der Waals surface area contributed by atoms with E-state index in [9.17, 15) is 4.79 Å². The fourth-order valence-electron chi connectivity index (χ4n) is 0.762. The van der Waals surface area contributed by atoms with Crippen LogP contribution in [0.3, 0.4) is 0 Å². The van der Waals surface area contributed by atoms with Gasteiger partial charge < -0.3 is 14.3 Å². The molecule has 0 aliphatic rings. The minimum absolute atomic E-state index is 0.196. The second kappa shape index (κ2) is 4.47. The van der Waals surface area contributed by atoms with Crippen LogP contribution in [0.15, 0.2) is 34.2 Å². The molecule has 0 aliphatic heterocycles. The van der Waals surface area contributed by atoms with Gasteiger partial charge in [-0.2, -0.15) is 0 Å². The Morgan fingerprint density at radius 2 is 2.46 bits per heavy atom. The first kappa shape index (κ1) is 9.54. The SMILES string of the molecule is C=CCOCc1cc(=O)c(O)co1. The van der Waals surface area contributed by atoms with E-state index in [2.05, 4.69) is 6.58 Å². The van der Waals surface area contributed by atoms with Crippen molar-refractivity contribution in [2.45, 2.75) is 6.61 Å². The molecule has 70 valence electrons. The lowest BCUT2D eigenvalue weighted by atomic mass is 10.4. The van der Waals surface area contributed by atoms with Gasteiger partial charge in [-0.3, -0.25) is 4.79 Å². The molecule has 4 heteroatoms. The summed E-state index contributed by atoms with van der Waals surface area (Å²) in [5.41, 5.74) is -0.469. The van der Waals surface area contributed by atoms with Crippen molar-refractivity contribution in [3.05, 3.63) is 41.0 Å². The Hall–Kier alpha value is -1.55. The summed E-state index contributed by atoms with van der Waals surface area (Å²) in [7, 11) is 0. The Balaban J connectivity index is 2.63. The molecule has 0 unspecified atom stereocenters. The van der Waals surface area contributed by atoms with Crippen LogP contribution < -0.4 is 5.43 Å². The van der Waals surface area contributed by atoms with Gasteiger partial charge in [0.2, 0.25) is 5.43 Å². The molecule has 0 saturated carbocycles. The molecule has 1 aromatic rings. The van der Waals surface area contributed by atoms with E-state index in [0.717, 1.165) is 6.26 Å². The van der Waals surface area contributed by atoms with Gasteiger partial charge >= 0.3 is 0 Å². The van der Waals surface area contributed by atoms with E-state index in [-0.39, 0.29) is 6.61 Å². The molecule has 13 heavy (non-hydrogen) atoms. The lowest BCUT2D eigenvalue weighted by molar-refractivity contribution is 0.129. The maximum absolute atomic E-state index is 10.9. The lowest BCUT2D eigenvalue weighted by Gasteiger charge is -1.99. The minimum atomic E-state index is -0.469. The zero-order valence-corrected chi connectivity index (χ0v) is 7.03. The molecule has 1 rings (SSSR count). The van der Waals surface area contributed by atoms with Crippen molar-refractivity contribution >= 4 is 0 Å². The summed E-state index contributed by atoms with van der Waals surface area (Å²) >= 11 is 0. The highest BCUT2D eigenvalue weighted by Gasteiger charge is 2.00. The molecule has 0 radical (unpaired) electrons. The van der Waals surface area contributed by atoms with Crippen LogP contribution in [0.5, 0.6) is 5.75 Å². The first-order valence-corrected chi connectivity index (χ1v) is 3.73. The summed E-state index contributed by atoms with van der Waals surface area (Å²) in [6, 6.07) is 1.19. The van der Waals surface area contributed by atoms with Crippen molar-refractivity contribution in [1.29, 1.82) is 0 Å². The van der Waals surface area contributed by atoms with Gasteiger partial charge in [-0.25, -0.2) is 0 Å². The van der Waals surface area contributed by atoms with E-state index in [1.807, 2.05) is 0 Å². The molecular weight excluding hydrogens is 172 g/mol. The van der Waals surface area contributed by atoms with Gasteiger partial charge in [0.25, 0.3) is 0 Å². The van der Waals surface area contributed by atoms with Crippen LogP contribution in [0.4, 0.5) is 0 Å². The van der Waals surface area contributed by atoms with Crippen molar-refractivity contribution in [2.24, 2.45) is 0 Å². The predicted molar refractivity (Wildman–Crippen MR) is 46.5 cm³/mol. The molecule has 1 aromatic heterocycles. The Bertz CT molecular complexity index is 340. The fourth-order valence-corrected chi connectivity index (χ4v) is 0.762. The zero-order valence-electron chi connectivity index (χ0n) is 7.03. The maximum atomic E-state index is 10.9. The number of hydrogen-bond acceptors (Lipinski definition) is 4. The summed E-state index contributed by atoms with van der Waals surface area (Å²) in [4.78, 5) is 10.9. The minimum Gasteiger partial charge on any atom is -0.502 e. The third kappa shape index (κ3) is 2.76. The largest absolute Gasteiger partial charge is 0.502 e. The average molecular weight is 182 g/mol. The fraction of sp³-hybridized carbons (Fsp3) is 0.222. The summed E-state index contributed by atoms with van der Waals surface area (Å²) in [6.45, 7) is 4.06. The molecule has 0 aromatic carbocycles. The smallest absolute Gasteiger partial charge is 0.226 e. The Morgan fingerprint density at radius 1 is 1.69 bits per heavy atom. The Kier molecular flexibility index (Phi) is 3.28. The normalized spacial score (nSPS) is 9.85. The lowest BCUT2D eigenvalue weighted by Crippen LogP contribution is -2.01. The number of ether oxygens (including phenoxy) is 1. The van der Waals surface area contributed by atoms with Crippen molar-refractivity contribution in [3.63, 3.8) is 0 Å². The third-order valence-corrected chi connectivity index (χ3v) is 1.35. The standard InChI is InChI=1S/C9H10O4/c1-2-3-12-5-7-4-8(10)9(11)6-13-7/h2,4,6,11H,1,3,5H2. The molecule has 0 atom stereocenters. The van der Waals surface area contributed by atoms with Gasteiger partial charge in [0, 0.05) is 6.07 Å². The van der Waals surface area contributed by atoms with Gasteiger partial charge in [0.1, 0.15) is 18.6 Å². The second-order valence-electron chi connectivity index (χ2n) is 2.40. The molecule has 1 heterocycles. The summed E-state index contributed by atoms with van der Waals surface area (Å²) in [5, 5.41) is 8.85. The Labute approximate surface area is 75.1 Å². The van der Waals surface area contributed by atoms with E-state index < -0.39 is 11.2 Å². The van der Waals surface area contributed by atoms with Gasteiger partial charge in [-0.1, -0.05) is 6.08 Å². The van der Waals surface area contributed by atoms with Crippen LogP contribution in [-0.4, -0.2) is 11.7 Å². The molecule has 4 nitrogen and oxygen atoms in total. The molecule has 0 saturated heterocycles. The van der Waals surface area contributed by atoms with Crippen molar-refractivity contribution < 1.29 is 14.3 Å². The highest BCUT2D eigenvalue weighted by molar-refractivity contribution is 5.15. The Morgan fingerprint density at radius 3 is 3.08 bits per heavy atom. The first-order valence-electron chi connectivity index (χ1n) is 3.73. The predicted octanol–water partition coefficient (Wildman–Crippen LogP) is 1.05. The van der Waals surface area contributed by atoms with Gasteiger partial charge in [-0.05, 0) is 0 Å². The topological polar surface area (TPSA) is 59.7 Å². The molecule has 0 amide bonds. The van der Waals surface area contributed by atoms with Gasteiger partial charge in [0.05, 0.1) is 6.61 Å². The van der Waals surface area contributed by atoms with E-state index in [1.165, 1.54) is 6.07 Å². The van der Waals surface area contributed by atoms with Crippen LogP contribution in [0, 0.1) is 0 Å². The second-order valence-corrected chi connectivity index (χ2v) is 2.40. The molecule has 1 N–H and O–H groups in total. The van der Waals surface area contributed by atoms with Crippen LogP contribution in [0.1, 0.15) is 5.76 Å². The maximum Gasteiger partial charge on any atom is 0.226 e. The number of rotatable bonds is 4. The molecule has 0 bridgehead atoms. The van der Waals surface area contributed by atoms with Crippen molar-refractivity contribution in [2.75, 3.05) is 6.61 Å². The van der Waals surface area contributed by atoms with Crippen molar-refractivity contribution in [1.82, 2.24) is 0 Å². The average Bonchev–Trinajstić information content (AvgIpc) is 2.12. The highest BCUT2D eigenvalue weighted by atomic mass is 16.5. The number of hydrogen-bond donors (Lipinski definition) is 1. The molecule has 0 aliphatic carbocycles. The number of aromatic hydroxyl groups is 1. The van der Waals surface area contributed by atoms with Crippen LogP contribution >= 0.6 is 0 Å². The van der Waals surface area contributed by atoms with E-state index in [4.69, 9.17) is 14.3 Å². The van der Waals surface area contributed by atoms with Crippen LogP contribution in [0.25, 0.3) is 0 Å². The molecule has 0 spiro atoms. The highest BCUT2D eigenvalue weighted by Crippen LogP contribution is 2.04. The van der Waals surface area contributed by atoms with Gasteiger partial charge in [-0.15, -0.1) is 6.58 Å². The summed E-state index contributed by atoms with van der Waals surface area (Å²) in [5.74, 6) is -0.0166. The third-order valence-electron chi connectivity index (χ3n) is 1.35. The monoisotopic (exact) mass is 182 g/mol. The van der Waals surface area contributed by atoms with Gasteiger partial charge in [0.15, 0.2) is 5.75 Å². The molecule has 0 fully saturated rings. The summed E-state index contributed by atoms with van der Waals surface area (Å²) < 4.78 is 9.91. The quantitative estimate of drug-likeness (QED) is 0.558. The zero-order chi connectivity index (χ0) is 9.68. The van der Waals surface area contributed by atoms with Crippen molar-refractivity contribution in [3.8, 4) is 5.75 Å². The van der Waals surface area contributed by atoms with Crippen LogP contribution in [-0.2, 0) is 11.3 Å².